The third-order valence-electron chi connectivity index (χ3n) is 7.08. The number of carbonyl (C=O) groups excluding carboxylic acids is 1. The molecule has 4 N–H and O–H groups in total. The number of methoxy groups -OCH3 is 1. The number of nitrogens with two attached hydrogens (primary N) is 1. The van der Waals surface area contributed by atoms with Crippen LogP contribution in [0.4, 0.5) is 4.39 Å². The molecule has 2 atom stereocenters. The predicted molar refractivity (Wildman–Crippen MR) is 138 cm³/mol. The molecule has 2 aliphatic rings. The number of ketones is 1. The third-order valence-corrected chi connectivity index (χ3v) is 7.08. The zero-order valence-corrected chi connectivity index (χ0v) is 21.4. The molecule has 3 aromatic rings. The highest BCUT2D eigenvalue weighted by atomic mass is 19.1. The first kappa shape index (κ1) is 26.1. The van der Waals surface area contributed by atoms with Crippen molar-refractivity contribution in [3.05, 3.63) is 71.2 Å². The Hall–Kier alpha value is -3.53. The van der Waals surface area contributed by atoms with Crippen LogP contribution in [0.1, 0.15) is 54.2 Å². The van der Waals surface area contributed by atoms with Gasteiger partial charge in [0.1, 0.15) is 29.3 Å². The van der Waals surface area contributed by atoms with E-state index in [9.17, 15) is 19.4 Å². The normalized spacial score (nSPS) is 19.8. The Labute approximate surface area is 220 Å². The summed E-state index contributed by atoms with van der Waals surface area (Å²) in [6, 6.07) is 12.4. The summed E-state index contributed by atoms with van der Waals surface area (Å²) >= 11 is 0. The molecule has 0 saturated heterocycles. The van der Waals surface area contributed by atoms with Crippen LogP contribution >= 0.6 is 0 Å². The van der Waals surface area contributed by atoms with Gasteiger partial charge in [0, 0.05) is 23.1 Å². The van der Waals surface area contributed by atoms with Gasteiger partial charge in [-0.05, 0) is 74.7 Å². The Bertz CT molecular complexity index is 1360. The van der Waals surface area contributed by atoms with Crippen molar-refractivity contribution < 1.29 is 33.6 Å². The average molecular weight is 523 g/mol. The molecular weight excluding hydrogens is 491 g/mol. The average Bonchev–Trinajstić information content (AvgIpc) is 3.68. The maximum Gasteiger partial charge on any atom is 0.163 e. The molecular formula is C29H31FN2O6. The standard InChI is InChI=1S/C29H31FN2O6/c1-28(35,12-11-22(34)18-5-10-23(24(13-18)36-2)38-20-8-9-20)25-14-21-27(37-16-29(21,31)15-33)26(32-25)17-3-6-19(30)7-4-17/h3-7,10,13-14,20,33,35H,8-9,11-12,15-16,31H2,1-2H3/t28-,29?/m1/s1. The lowest BCUT2D eigenvalue weighted by atomic mass is 9.87. The molecule has 0 amide bonds. The van der Waals surface area contributed by atoms with Crippen LogP contribution in [0.25, 0.3) is 11.3 Å². The Morgan fingerprint density at radius 1 is 1.21 bits per heavy atom. The van der Waals surface area contributed by atoms with E-state index in [0.29, 0.717) is 39.6 Å². The number of rotatable bonds is 10. The molecule has 5 rings (SSSR count). The highest BCUT2D eigenvalue weighted by Gasteiger charge is 2.41. The topological polar surface area (TPSA) is 124 Å². The van der Waals surface area contributed by atoms with Crippen LogP contribution in [0.3, 0.4) is 0 Å². The summed E-state index contributed by atoms with van der Waals surface area (Å²) in [5.41, 5.74) is 5.85. The number of hydrogen-bond acceptors (Lipinski definition) is 8. The summed E-state index contributed by atoms with van der Waals surface area (Å²) in [6.07, 6.45) is 2.32. The van der Waals surface area contributed by atoms with Crippen LogP contribution in [0, 0.1) is 5.82 Å². The van der Waals surface area contributed by atoms with E-state index in [-0.39, 0.29) is 43.6 Å². The number of fused-ring (bicyclic) bond motifs is 1. The molecule has 1 saturated carbocycles. The molecule has 8 nitrogen and oxygen atoms in total. The minimum atomic E-state index is -1.52. The maximum absolute atomic E-state index is 13.6. The molecule has 0 spiro atoms. The molecule has 200 valence electrons. The van der Waals surface area contributed by atoms with Crippen LogP contribution in [-0.4, -0.2) is 47.4 Å². The number of benzene rings is 2. The highest BCUT2D eigenvalue weighted by Crippen LogP contribution is 2.44. The van der Waals surface area contributed by atoms with Crippen molar-refractivity contribution in [3.8, 4) is 28.5 Å². The lowest BCUT2D eigenvalue weighted by Gasteiger charge is -2.26. The number of carbonyl (C=O) groups is 1. The van der Waals surface area contributed by atoms with Crippen LogP contribution < -0.4 is 19.9 Å². The maximum atomic E-state index is 13.6. The van der Waals surface area contributed by atoms with E-state index < -0.39 is 17.0 Å². The van der Waals surface area contributed by atoms with Crippen molar-refractivity contribution >= 4 is 5.78 Å². The Kier molecular flexibility index (Phi) is 6.85. The van der Waals surface area contributed by atoms with Gasteiger partial charge in [0.2, 0.25) is 0 Å². The fourth-order valence-electron chi connectivity index (χ4n) is 4.47. The zero-order chi connectivity index (χ0) is 27.1. The number of aliphatic hydroxyl groups is 2. The van der Waals surface area contributed by atoms with Gasteiger partial charge in [-0.3, -0.25) is 4.79 Å². The summed E-state index contributed by atoms with van der Waals surface area (Å²) in [5, 5.41) is 21.4. The first-order chi connectivity index (χ1) is 18.1. The van der Waals surface area contributed by atoms with Crippen molar-refractivity contribution in [3.63, 3.8) is 0 Å². The number of aromatic nitrogens is 1. The summed E-state index contributed by atoms with van der Waals surface area (Å²) in [4.78, 5) is 17.7. The molecule has 0 radical (unpaired) electrons. The van der Waals surface area contributed by atoms with Gasteiger partial charge in [0.05, 0.1) is 25.5 Å². The lowest BCUT2D eigenvalue weighted by molar-refractivity contribution is 0.0396. The van der Waals surface area contributed by atoms with Crippen LogP contribution in [0.2, 0.25) is 0 Å². The van der Waals surface area contributed by atoms with Gasteiger partial charge in [-0.2, -0.15) is 0 Å². The van der Waals surface area contributed by atoms with Crippen molar-refractivity contribution in [2.45, 2.75) is 49.9 Å². The number of hydrogen-bond donors (Lipinski definition) is 3. The monoisotopic (exact) mass is 522 g/mol. The van der Waals surface area contributed by atoms with E-state index in [1.54, 1.807) is 43.3 Å². The van der Waals surface area contributed by atoms with Gasteiger partial charge < -0.3 is 30.2 Å². The fraction of sp³-hybridized carbons (Fsp3) is 0.379. The van der Waals surface area contributed by atoms with Gasteiger partial charge in [-0.25, -0.2) is 9.37 Å². The number of ether oxygens (including phenoxy) is 3. The van der Waals surface area contributed by atoms with Gasteiger partial charge in [0.25, 0.3) is 0 Å². The number of Topliss-reactive ketones (excluding diaryl/α,β-unsaturated/α-hetero) is 1. The Morgan fingerprint density at radius 2 is 1.95 bits per heavy atom. The smallest absolute Gasteiger partial charge is 0.163 e. The summed E-state index contributed by atoms with van der Waals surface area (Å²) in [7, 11) is 1.53. The second-order valence-electron chi connectivity index (χ2n) is 10.2. The van der Waals surface area contributed by atoms with Crippen LogP contribution in [-0.2, 0) is 11.1 Å². The van der Waals surface area contributed by atoms with E-state index >= 15 is 0 Å². The minimum Gasteiger partial charge on any atom is -0.493 e. The number of halogens is 1. The quantitative estimate of drug-likeness (QED) is 0.343. The molecule has 2 heterocycles. The van der Waals surface area contributed by atoms with E-state index in [2.05, 4.69) is 4.98 Å². The molecule has 0 bridgehead atoms. The minimum absolute atomic E-state index is 0.0288. The molecule has 1 aromatic heterocycles. The summed E-state index contributed by atoms with van der Waals surface area (Å²) in [5.74, 6) is 0.894. The summed E-state index contributed by atoms with van der Waals surface area (Å²) < 4.78 is 30.6. The van der Waals surface area contributed by atoms with Gasteiger partial charge in [-0.15, -0.1) is 0 Å². The van der Waals surface area contributed by atoms with Crippen LogP contribution in [0.15, 0.2) is 48.5 Å². The van der Waals surface area contributed by atoms with Gasteiger partial charge >= 0.3 is 0 Å². The molecule has 2 aromatic carbocycles. The highest BCUT2D eigenvalue weighted by molar-refractivity contribution is 5.96. The lowest BCUT2D eigenvalue weighted by Crippen LogP contribution is -2.42. The molecule has 1 aliphatic heterocycles. The SMILES string of the molecule is COc1cc(C(=O)CC[C@@](C)(O)c2cc3c(c(-c4ccc(F)cc4)n2)OCC3(N)CO)ccc1OC1CC1. The van der Waals surface area contributed by atoms with E-state index in [0.717, 1.165) is 12.8 Å². The second-order valence-corrected chi connectivity index (χ2v) is 10.2. The predicted octanol–water partition coefficient (Wildman–Crippen LogP) is 3.85. The van der Waals surface area contributed by atoms with Crippen molar-refractivity contribution in [1.82, 2.24) is 4.98 Å². The molecule has 9 heteroatoms. The third kappa shape index (κ3) is 5.09. The fourth-order valence-corrected chi connectivity index (χ4v) is 4.47. The second kappa shape index (κ2) is 9.98. The van der Waals surface area contributed by atoms with Gasteiger partial charge in [-0.1, -0.05) is 0 Å². The first-order valence-corrected chi connectivity index (χ1v) is 12.6. The molecule has 1 unspecified atom stereocenters. The van der Waals surface area contributed by atoms with E-state index in [1.165, 1.54) is 19.2 Å². The van der Waals surface area contributed by atoms with Crippen molar-refractivity contribution in [1.29, 1.82) is 0 Å². The number of nitrogens with zero attached hydrogens (tertiary/aromatic N) is 1. The molecule has 1 fully saturated rings. The van der Waals surface area contributed by atoms with E-state index in [4.69, 9.17) is 19.9 Å². The zero-order valence-electron chi connectivity index (χ0n) is 21.4. The van der Waals surface area contributed by atoms with E-state index in [1.807, 2.05) is 0 Å². The van der Waals surface area contributed by atoms with Crippen molar-refractivity contribution in [2.75, 3.05) is 20.3 Å². The number of aliphatic hydroxyl groups excluding tert-OH is 1. The Balaban J connectivity index is 1.41. The van der Waals surface area contributed by atoms with Gasteiger partial charge in [0.15, 0.2) is 23.0 Å². The first-order valence-electron chi connectivity index (χ1n) is 12.6. The molecule has 1 aliphatic carbocycles. The molecule has 38 heavy (non-hydrogen) atoms. The largest absolute Gasteiger partial charge is 0.493 e. The van der Waals surface area contributed by atoms with Crippen LogP contribution in [0.5, 0.6) is 17.2 Å². The number of pyridine rings is 1. The van der Waals surface area contributed by atoms with Crippen molar-refractivity contribution in [2.24, 2.45) is 5.73 Å². The Morgan fingerprint density at radius 3 is 2.61 bits per heavy atom. The summed E-state index contributed by atoms with van der Waals surface area (Å²) in [6.45, 7) is 1.22.